The second-order valence-corrected chi connectivity index (χ2v) is 8.05. The summed E-state index contributed by atoms with van der Waals surface area (Å²) in [6.45, 7) is 4.20. The lowest BCUT2D eigenvalue weighted by atomic mass is 9.95. The molecular weight excluding hydrogens is 394 g/mol. The smallest absolute Gasteiger partial charge is 0.260 e. The summed E-state index contributed by atoms with van der Waals surface area (Å²) < 4.78 is 5.60. The van der Waals surface area contributed by atoms with Gasteiger partial charge in [0.05, 0.1) is 12.2 Å². The molecule has 1 aromatic heterocycles. The molecule has 0 radical (unpaired) electrons. The summed E-state index contributed by atoms with van der Waals surface area (Å²) in [4.78, 5) is 37.7. The van der Waals surface area contributed by atoms with Gasteiger partial charge in [0.25, 0.3) is 5.91 Å². The number of carbonyl (C=O) groups is 2. The zero-order valence-corrected chi connectivity index (χ0v) is 18.1. The van der Waals surface area contributed by atoms with Crippen LogP contribution >= 0.6 is 0 Å². The molecule has 8 heteroatoms. The molecular formula is C23H29N5O3. The molecule has 1 aromatic carbocycles. The molecule has 4 rings (SSSR count). The molecule has 3 heterocycles. The number of anilines is 1. The molecule has 164 valence electrons. The van der Waals surface area contributed by atoms with Crippen LogP contribution in [-0.2, 0) is 22.6 Å². The summed E-state index contributed by atoms with van der Waals surface area (Å²) in [5.74, 6) is 2.64. The number of hydrogen-bond acceptors (Lipinski definition) is 6. The van der Waals surface area contributed by atoms with E-state index in [1.165, 1.54) is 0 Å². The van der Waals surface area contributed by atoms with Crippen molar-refractivity contribution in [2.24, 2.45) is 0 Å². The van der Waals surface area contributed by atoms with Gasteiger partial charge in [0, 0.05) is 45.1 Å². The highest BCUT2D eigenvalue weighted by atomic mass is 16.5. The Labute approximate surface area is 182 Å². The van der Waals surface area contributed by atoms with Crippen molar-refractivity contribution in [1.29, 1.82) is 0 Å². The second kappa shape index (κ2) is 9.32. The standard InChI is InChI=1S/C23H29N5O3/c1-16(29)28-13-10-19-20(14-28)25-22(26-23(19)24-2)17-8-11-27(12-9-17)21(30)15-31-18-6-4-3-5-7-18/h3-7,17H,8-15H2,1-2H3,(H,24,25,26). The van der Waals surface area contributed by atoms with Crippen LogP contribution in [0.5, 0.6) is 5.75 Å². The topological polar surface area (TPSA) is 87.7 Å². The van der Waals surface area contributed by atoms with Gasteiger partial charge in [0.15, 0.2) is 6.61 Å². The highest BCUT2D eigenvalue weighted by Crippen LogP contribution is 2.30. The van der Waals surface area contributed by atoms with E-state index in [-0.39, 0.29) is 24.3 Å². The molecule has 0 unspecified atom stereocenters. The maximum Gasteiger partial charge on any atom is 0.260 e. The van der Waals surface area contributed by atoms with Crippen molar-refractivity contribution in [1.82, 2.24) is 19.8 Å². The minimum atomic E-state index is 0.00155. The fraction of sp³-hybridized carbons (Fsp3) is 0.478. The number of ether oxygens (including phenoxy) is 1. The van der Waals surface area contributed by atoms with Crippen LogP contribution in [0.4, 0.5) is 5.82 Å². The number of rotatable bonds is 5. The number of likely N-dealkylation sites (tertiary alicyclic amines) is 1. The van der Waals surface area contributed by atoms with Crippen LogP contribution in [0.1, 0.15) is 42.8 Å². The summed E-state index contributed by atoms with van der Waals surface area (Å²) in [6.07, 6.45) is 2.39. The monoisotopic (exact) mass is 423 g/mol. The van der Waals surface area contributed by atoms with E-state index in [1.807, 2.05) is 47.2 Å². The van der Waals surface area contributed by atoms with E-state index >= 15 is 0 Å². The Morgan fingerprint density at radius 1 is 1.10 bits per heavy atom. The number of nitrogens with one attached hydrogen (secondary N) is 1. The number of aromatic nitrogens is 2. The fourth-order valence-corrected chi connectivity index (χ4v) is 4.25. The van der Waals surface area contributed by atoms with Crippen molar-refractivity contribution in [3.63, 3.8) is 0 Å². The number of fused-ring (bicyclic) bond motifs is 1. The van der Waals surface area contributed by atoms with E-state index in [4.69, 9.17) is 14.7 Å². The van der Waals surface area contributed by atoms with Crippen molar-refractivity contribution in [3.8, 4) is 5.75 Å². The number of nitrogens with zero attached hydrogens (tertiary/aromatic N) is 4. The van der Waals surface area contributed by atoms with Gasteiger partial charge in [-0.25, -0.2) is 9.97 Å². The maximum absolute atomic E-state index is 12.5. The molecule has 2 aromatic rings. The first-order valence-corrected chi connectivity index (χ1v) is 10.8. The van der Waals surface area contributed by atoms with Gasteiger partial charge >= 0.3 is 0 Å². The molecule has 8 nitrogen and oxygen atoms in total. The van der Waals surface area contributed by atoms with E-state index < -0.39 is 0 Å². The Balaban J connectivity index is 1.39. The van der Waals surface area contributed by atoms with Gasteiger partial charge in [-0.1, -0.05) is 18.2 Å². The highest BCUT2D eigenvalue weighted by molar-refractivity contribution is 5.78. The van der Waals surface area contributed by atoms with Gasteiger partial charge in [-0.15, -0.1) is 0 Å². The van der Waals surface area contributed by atoms with Crippen LogP contribution in [0.2, 0.25) is 0 Å². The van der Waals surface area contributed by atoms with Gasteiger partial charge in [-0.3, -0.25) is 9.59 Å². The molecule has 2 aliphatic rings. The predicted octanol–water partition coefficient (Wildman–Crippen LogP) is 2.21. The molecule has 1 fully saturated rings. The summed E-state index contributed by atoms with van der Waals surface area (Å²) in [5.41, 5.74) is 2.04. The van der Waals surface area contributed by atoms with Crippen LogP contribution in [0.15, 0.2) is 30.3 Å². The van der Waals surface area contributed by atoms with E-state index in [0.29, 0.717) is 31.9 Å². The third-order valence-electron chi connectivity index (χ3n) is 6.08. The lowest BCUT2D eigenvalue weighted by Crippen LogP contribution is -2.41. The van der Waals surface area contributed by atoms with Gasteiger partial charge in [0.1, 0.15) is 17.4 Å². The number of piperidine rings is 1. The first kappa shape index (κ1) is 21.1. The molecule has 2 aliphatic heterocycles. The Morgan fingerprint density at radius 2 is 1.84 bits per heavy atom. The number of hydrogen-bond donors (Lipinski definition) is 1. The summed E-state index contributed by atoms with van der Waals surface area (Å²) >= 11 is 0. The zero-order valence-electron chi connectivity index (χ0n) is 18.1. The third-order valence-corrected chi connectivity index (χ3v) is 6.08. The first-order chi connectivity index (χ1) is 15.0. The lowest BCUT2D eigenvalue weighted by Gasteiger charge is -2.33. The fourth-order valence-electron chi connectivity index (χ4n) is 4.25. The minimum absolute atomic E-state index is 0.00155. The average molecular weight is 424 g/mol. The van der Waals surface area contributed by atoms with Gasteiger partial charge in [0.2, 0.25) is 5.91 Å². The molecule has 0 atom stereocenters. The van der Waals surface area contributed by atoms with Crippen molar-refractivity contribution < 1.29 is 14.3 Å². The summed E-state index contributed by atoms with van der Waals surface area (Å²) in [6, 6.07) is 9.39. The molecule has 0 saturated carbocycles. The number of para-hydroxylation sites is 1. The van der Waals surface area contributed by atoms with Crippen molar-refractivity contribution >= 4 is 17.6 Å². The van der Waals surface area contributed by atoms with Crippen molar-refractivity contribution in [2.45, 2.75) is 38.6 Å². The predicted molar refractivity (Wildman–Crippen MR) is 117 cm³/mol. The zero-order chi connectivity index (χ0) is 21.8. The summed E-state index contributed by atoms with van der Waals surface area (Å²) in [7, 11) is 1.87. The van der Waals surface area contributed by atoms with Crippen LogP contribution in [-0.4, -0.2) is 64.9 Å². The molecule has 2 amide bonds. The van der Waals surface area contributed by atoms with E-state index in [2.05, 4.69) is 5.32 Å². The summed E-state index contributed by atoms with van der Waals surface area (Å²) in [5, 5.41) is 3.20. The first-order valence-electron chi connectivity index (χ1n) is 10.8. The molecule has 1 saturated heterocycles. The normalized spacial score (nSPS) is 16.6. The maximum atomic E-state index is 12.5. The third kappa shape index (κ3) is 4.78. The number of amides is 2. The Kier molecular flexibility index (Phi) is 6.34. The minimum Gasteiger partial charge on any atom is -0.484 e. The molecule has 1 N–H and O–H groups in total. The van der Waals surface area contributed by atoms with Crippen LogP contribution in [0.25, 0.3) is 0 Å². The van der Waals surface area contributed by atoms with Crippen molar-refractivity contribution in [2.75, 3.05) is 38.6 Å². The number of benzene rings is 1. The highest BCUT2D eigenvalue weighted by Gasteiger charge is 2.29. The molecule has 31 heavy (non-hydrogen) atoms. The SMILES string of the molecule is CNc1nc(C2CCN(C(=O)COc3ccccc3)CC2)nc2c1CCN(C(C)=O)C2. The van der Waals surface area contributed by atoms with Crippen LogP contribution < -0.4 is 10.1 Å². The average Bonchev–Trinajstić information content (AvgIpc) is 2.82. The second-order valence-electron chi connectivity index (χ2n) is 8.05. The quantitative estimate of drug-likeness (QED) is 0.793. The van der Waals surface area contributed by atoms with E-state index in [1.54, 1.807) is 6.92 Å². The van der Waals surface area contributed by atoms with Gasteiger partial charge in [-0.05, 0) is 31.4 Å². The van der Waals surface area contributed by atoms with E-state index in [0.717, 1.165) is 42.2 Å². The Bertz CT molecular complexity index is 942. The number of carbonyl (C=O) groups excluding carboxylic acids is 2. The van der Waals surface area contributed by atoms with Gasteiger partial charge < -0.3 is 19.9 Å². The molecule has 0 spiro atoms. The lowest BCUT2D eigenvalue weighted by molar-refractivity contribution is -0.134. The van der Waals surface area contributed by atoms with E-state index in [9.17, 15) is 9.59 Å². The van der Waals surface area contributed by atoms with Crippen LogP contribution in [0.3, 0.4) is 0 Å². The Morgan fingerprint density at radius 3 is 2.52 bits per heavy atom. The molecule has 0 aliphatic carbocycles. The Hall–Kier alpha value is -3.16. The van der Waals surface area contributed by atoms with Gasteiger partial charge in [-0.2, -0.15) is 0 Å². The molecule has 0 bridgehead atoms. The largest absolute Gasteiger partial charge is 0.484 e. The van der Waals surface area contributed by atoms with Crippen LogP contribution in [0, 0.1) is 0 Å². The van der Waals surface area contributed by atoms with Crippen molar-refractivity contribution in [3.05, 3.63) is 47.4 Å².